The van der Waals surface area contributed by atoms with Gasteiger partial charge in [-0.25, -0.2) is 4.98 Å². The van der Waals surface area contributed by atoms with Crippen molar-refractivity contribution in [3.63, 3.8) is 0 Å². The van der Waals surface area contributed by atoms with Crippen molar-refractivity contribution in [2.24, 2.45) is 0 Å². The molecule has 0 aliphatic carbocycles. The summed E-state index contributed by atoms with van der Waals surface area (Å²) in [5.41, 5.74) is 1.55. The van der Waals surface area contributed by atoms with Crippen LogP contribution in [0.1, 0.15) is 5.69 Å². The maximum Gasteiger partial charge on any atom is 0.115 e. The number of H-pyrrole nitrogens is 1. The summed E-state index contributed by atoms with van der Waals surface area (Å²) >= 11 is 0. The molecule has 2 heterocycles. The molecule has 0 atom stereocenters. The Morgan fingerprint density at radius 1 is 1.45 bits per heavy atom. The third-order valence-corrected chi connectivity index (χ3v) is 1.47. The Kier molecular flexibility index (Phi) is 1.13. The minimum Gasteiger partial charge on any atom is -0.278 e. The molecule has 1 N–H and O–H groups in total. The van der Waals surface area contributed by atoms with Gasteiger partial charge in [0, 0.05) is 11.6 Å². The highest BCUT2D eigenvalue weighted by molar-refractivity contribution is 5.77. The minimum absolute atomic E-state index is 0.627. The molecule has 3 heteroatoms. The van der Waals surface area contributed by atoms with E-state index < -0.39 is 0 Å². The van der Waals surface area contributed by atoms with Gasteiger partial charge in [0.1, 0.15) is 5.69 Å². The van der Waals surface area contributed by atoms with Crippen molar-refractivity contribution >= 4 is 10.9 Å². The van der Waals surface area contributed by atoms with Crippen LogP contribution in [0.4, 0.5) is 0 Å². The van der Waals surface area contributed by atoms with Gasteiger partial charge in [0.05, 0.1) is 11.7 Å². The molecule has 0 aromatic carbocycles. The van der Waals surface area contributed by atoms with Gasteiger partial charge in [-0.3, -0.25) is 5.10 Å². The maximum absolute atomic E-state index is 5.16. The lowest BCUT2D eigenvalue weighted by Crippen LogP contribution is -1.79. The van der Waals surface area contributed by atoms with Crippen LogP contribution in [0.2, 0.25) is 0 Å². The van der Waals surface area contributed by atoms with E-state index in [4.69, 9.17) is 6.42 Å². The molecule has 0 spiro atoms. The summed E-state index contributed by atoms with van der Waals surface area (Å²) < 4.78 is 0. The van der Waals surface area contributed by atoms with Gasteiger partial charge in [0.2, 0.25) is 0 Å². The topological polar surface area (TPSA) is 41.6 Å². The molecule has 0 fully saturated rings. The summed E-state index contributed by atoms with van der Waals surface area (Å²) in [6.07, 6.45) is 8.58. The fourth-order valence-electron chi connectivity index (χ4n) is 0.916. The van der Waals surface area contributed by atoms with Crippen LogP contribution in [-0.4, -0.2) is 15.2 Å². The van der Waals surface area contributed by atoms with Crippen molar-refractivity contribution in [3.05, 3.63) is 24.2 Å². The highest BCUT2D eigenvalue weighted by Gasteiger charge is 1.95. The number of hydrogen-bond acceptors (Lipinski definition) is 2. The molecule has 0 radical (unpaired) electrons. The summed E-state index contributed by atoms with van der Waals surface area (Å²) in [6.45, 7) is 0. The molecule has 3 nitrogen and oxygen atoms in total. The number of fused-ring (bicyclic) bond motifs is 1. The second kappa shape index (κ2) is 2.10. The second-order valence-electron chi connectivity index (χ2n) is 2.17. The summed E-state index contributed by atoms with van der Waals surface area (Å²) in [7, 11) is 0. The molecular weight excluding hydrogens is 138 g/mol. The molecule has 0 amide bonds. The highest BCUT2D eigenvalue weighted by Crippen LogP contribution is 2.08. The van der Waals surface area contributed by atoms with Crippen LogP contribution in [0.5, 0.6) is 0 Å². The summed E-state index contributed by atoms with van der Waals surface area (Å²) in [6, 6.07) is 1.79. The van der Waals surface area contributed by atoms with Crippen LogP contribution in [-0.2, 0) is 0 Å². The monoisotopic (exact) mass is 143 g/mol. The van der Waals surface area contributed by atoms with Crippen LogP contribution in [0.3, 0.4) is 0 Å². The molecule has 2 aromatic rings. The first kappa shape index (κ1) is 5.93. The Morgan fingerprint density at radius 2 is 2.36 bits per heavy atom. The predicted molar refractivity (Wildman–Crippen MR) is 41.8 cm³/mol. The first-order valence-electron chi connectivity index (χ1n) is 3.16. The average Bonchev–Trinajstić information content (AvgIpc) is 2.50. The lowest BCUT2D eigenvalue weighted by Gasteiger charge is -1.88. The van der Waals surface area contributed by atoms with Crippen LogP contribution >= 0.6 is 0 Å². The number of aromatic nitrogens is 3. The summed E-state index contributed by atoms with van der Waals surface area (Å²) in [4.78, 5) is 4.00. The quantitative estimate of drug-likeness (QED) is 0.557. The van der Waals surface area contributed by atoms with Gasteiger partial charge in [0.25, 0.3) is 0 Å². The third-order valence-electron chi connectivity index (χ3n) is 1.47. The fraction of sp³-hybridized carbons (Fsp3) is 0. The van der Waals surface area contributed by atoms with Crippen molar-refractivity contribution in [2.75, 3.05) is 0 Å². The molecule has 0 aliphatic heterocycles. The van der Waals surface area contributed by atoms with Gasteiger partial charge in [-0.05, 0) is 6.07 Å². The Balaban J connectivity index is 2.79. The van der Waals surface area contributed by atoms with Crippen LogP contribution in [0, 0.1) is 12.3 Å². The van der Waals surface area contributed by atoms with Crippen LogP contribution in [0.25, 0.3) is 10.9 Å². The molecule has 11 heavy (non-hydrogen) atoms. The van der Waals surface area contributed by atoms with E-state index in [9.17, 15) is 0 Å². The summed E-state index contributed by atoms with van der Waals surface area (Å²) in [5, 5.41) is 7.63. The molecule has 2 rings (SSSR count). The van der Waals surface area contributed by atoms with Crippen LogP contribution < -0.4 is 0 Å². The number of nitrogens with one attached hydrogen (secondary N) is 1. The zero-order valence-electron chi connectivity index (χ0n) is 5.70. The van der Waals surface area contributed by atoms with Crippen molar-refractivity contribution in [1.82, 2.24) is 15.2 Å². The van der Waals surface area contributed by atoms with E-state index in [-0.39, 0.29) is 0 Å². The first-order chi connectivity index (χ1) is 5.40. The Hall–Kier alpha value is -1.82. The van der Waals surface area contributed by atoms with Gasteiger partial charge < -0.3 is 0 Å². The van der Waals surface area contributed by atoms with Crippen molar-refractivity contribution < 1.29 is 0 Å². The SMILES string of the molecule is C#Cc1cc2[nH]ncc2cn1. The molecular formula is C8H5N3. The van der Waals surface area contributed by atoms with Gasteiger partial charge in [0.15, 0.2) is 0 Å². The van der Waals surface area contributed by atoms with E-state index in [2.05, 4.69) is 21.1 Å². The van der Waals surface area contributed by atoms with Crippen molar-refractivity contribution in [3.8, 4) is 12.3 Å². The van der Waals surface area contributed by atoms with E-state index in [1.807, 2.05) is 0 Å². The smallest absolute Gasteiger partial charge is 0.115 e. The predicted octanol–water partition coefficient (Wildman–Crippen LogP) is 0.939. The molecule has 0 saturated heterocycles. The van der Waals surface area contributed by atoms with E-state index in [0.29, 0.717) is 5.69 Å². The van der Waals surface area contributed by atoms with E-state index >= 15 is 0 Å². The standard InChI is InChI=1S/C8H5N3/c1-2-7-3-8-6(4-9-7)5-10-11-8/h1,3-5H,(H,10,11). The normalized spacial score (nSPS) is 9.73. The number of hydrogen-bond donors (Lipinski definition) is 1. The fourth-order valence-corrected chi connectivity index (χ4v) is 0.916. The highest BCUT2D eigenvalue weighted by atomic mass is 15.1. The molecule has 0 unspecified atom stereocenters. The largest absolute Gasteiger partial charge is 0.278 e. The molecule has 0 bridgehead atoms. The van der Waals surface area contributed by atoms with Crippen LogP contribution in [0.15, 0.2) is 18.5 Å². The number of pyridine rings is 1. The maximum atomic E-state index is 5.16. The van der Waals surface area contributed by atoms with Gasteiger partial charge >= 0.3 is 0 Å². The van der Waals surface area contributed by atoms with Crippen molar-refractivity contribution in [2.45, 2.75) is 0 Å². The number of nitrogens with zero attached hydrogens (tertiary/aromatic N) is 2. The van der Waals surface area contributed by atoms with Crippen molar-refractivity contribution in [1.29, 1.82) is 0 Å². The molecule has 0 aliphatic rings. The Labute approximate surface area is 63.5 Å². The van der Waals surface area contributed by atoms with E-state index in [1.165, 1.54) is 0 Å². The number of rotatable bonds is 0. The van der Waals surface area contributed by atoms with Gasteiger partial charge in [-0.2, -0.15) is 5.10 Å². The summed E-state index contributed by atoms with van der Waals surface area (Å²) in [5.74, 6) is 2.45. The molecule has 0 saturated carbocycles. The number of terminal acetylenes is 1. The second-order valence-corrected chi connectivity index (χ2v) is 2.17. The zero-order valence-corrected chi connectivity index (χ0v) is 5.70. The third kappa shape index (κ3) is 0.849. The van der Waals surface area contributed by atoms with E-state index in [0.717, 1.165) is 10.9 Å². The first-order valence-corrected chi connectivity index (χ1v) is 3.16. The average molecular weight is 143 g/mol. The van der Waals surface area contributed by atoms with Gasteiger partial charge in [-0.15, -0.1) is 6.42 Å². The Morgan fingerprint density at radius 3 is 3.18 bits per heavy atom. The zero-order chi connectivity index (χ0) is 7.68. The molecule has 2 aromatic heterocycles. The minimum atomic E-state index is 0.627. The van der Waals surface area contributed by atoms with E-state index in [1.54, 1.807) is 18.5 Å². The Bertz CT molecular complexity index is 422. The lowest BCUT2D eigenvalue weighted by molar-refractivity contribution is 1.12. The van der Waals surface area contributed by atoms with Gasteiger partial charge in [-0.1, -0.05) is 5.92 Å². The number of aromatic amines is 1. The lowest BCUT2D eigenvalue weighted by atomic mass is 10.3. The molecule has 52 valence electrons.